The molecule has 1 fully saturated rings. The summed E-state index contributed by atoms with van der Waals surface area (Å²) in [7, 11) is 0. The Bertz CT molecular complexity index is 1100. The van der Waals surface area contributed by atoms with Crippen LogP contribution in [0.2, 0.25) is 0 Å². The number of para-hydroxylation sites is 2. The van der Waals surface area contributed by atoms with E-state index in [9.17, 15) is 0 Å². The average molecular weight is 382 g/mol. The van der Waals surface area contributed by atoms with Crippen LogP contribution in [0, 0.1) is 0 Å². The third-order valence-electron chi connectivity index (χ3n) is 5.25. The molecule has 0 aliphatic carbocycles. The van der Waals surface area contributed by atoms with Gasteiger partial charge in [-0.1, -0.05) is 36.4 Å². The van der Waals surface area contributed by atoms with E-state index in [1.54, 1.807) is 6.20 Å². The number of pyridine rings is 1. The molecule has 1 saturated heterocycles. The lowest BCUT2D eigenvalue weighted by atomic mass is 10.2. The van der Waals surface area contributed by atoms with Crippen molar-refractivity contribution in [2.24, 2.45) is 0 Å². The van der Waals surface area contributed by atoms with Crippen LogP contribution in [0.3, 0.4) is 0 Å². The second-order valence-electron chi connectivity index (χ2n) is 7.05. The second kappa shape index (κ2) is 7.75. The Morgan fingerprint density at radius 1 is 0.690 bits per heavy atom. The number of fused-ring (bicyclic) bond motifs is 1. The highest BCUT2D eigenvalue weighted by Crippen LogP contribution is 2.24. The molecule has 29 heavy (non-hydrogen) atoms. The van der Waals surface area contributed by atoms with Crippen LogP contribution in [-0.2, 0) is 0 Å². The van der Waals surface area contributed by atoms with Crippen LogP contribution < -0.4 is 15.1 Å². The molecule has 2 aromatic carbocycles. The van der Waals surface area contributed by atoms with E-state index in [0.717, 1.165) is 48.6 Å². The van der Waals surface area contributed by atoms with Gasteiger partial charge in [-0.2, -0.15) is 4.98 Å². The van der Waals surface area contributed by atoms with Gasteiger partial charge in [-0.05, 0) is 30.3 Å². The predicted molar refractivity (Wildman–Crippen MR) is 118 cm³/mol. The number of piperazine rings is 1. The van der Waals surface area contributed by atoms with Crippen LogP contribution in [0.4, 0.5) is 23.1 Å². The van der Waals surface area contributed by atoms with Crippen molar-refractivity contribution in [3.05, 3.63) is 79.1 Å². The molecular weight excluding hydrogens is 360 g/mol. The maximum Gasteiger partial charge on any atom is 0.229 e. The van der Waals surface area contributed by atoms with Gasteiger partial charge < -0.3 is 15.1 Å². The van der Waals surface area contributed by atoms with Gasteiger partial charge in [0.15, 0.2) is 0 Å². The van der Waals surface area contributed by atoms with Crippen molar-refractivity contribution in [3.63, 3.8) is 0 Å². The third kappa shape index (κ3) is 3.69. The van der Waals surface area contributed by atoms with E-state index in [1.807, 2.05) is 30.5 Å². The van der Waals surface area contributed by atoms with Crippen molar-refractivity contribution in [2.75, 3.05) is 41.3 Å². The summed E-state index contributed by atoms with van der Waals surface area (Å²) < 4.78 is 0. The number of rotatable bonds is 4. The number of hydrogen-bond donors (Lipinski definition) is 1. The van der Waals surface area contributed by atoms with Crippen molar-refractivity contribution in [3.8, 4) is 0 Å². The van der Waals surface area contributed by atoms with Crippen molar-refractivity contribution in [2.45, 2.75) is 0 Å². The highest BCUT2D eigenvalue weighted by Gasteiger charge is 2.18. The maximum atomic E-state index is 4.75. The minimum Gasteiger partial charge on any atom is -0.368 e. The SMILES string of the molecule is c1ccc(N2CCN(c3ccnc(Nc4cccc5cccnc45)n3)CC2)cc1. The number of nitrogens with zero attached hydrogens (tertiary/aromatic N) is 5. The monoisotopic (exact) mass is 382 g/mol. The lowest BCUT2D eigenvalue weighted by Crippen LogP contribution is -2.46. The minimum absolute atomic E-state index is 0.589. The normalized spacial score (nSPS) is 14.2. The number of benzene rings is 2. The zero-order valence-electron chi connectivity index (χ0n) is 16.1. The summed E-state index contributed by atoms with van der Waals surface area (Å²) in [6.07, 6.45) is 3.61. The fraction of sp³-hybridized carbons (Fsp3) is 0.174. The number of anilines is 4. The van der Waals surface area contributed by atoms with Gasteiger partial charge in [-0.15, -0.1) is 0 Å². The number of hydrogen-bond acceptors (Lipinski definition) is 6. The van der Waals surface area contributed by atoms with Gasteiger partial charge in [0.05, 0.1) is 11.2 Å². The standard InChI is InChI=1S/C23H22N6/c1-2-8-19(9-3-1)28-14-16-29(17-15-28)21-11-13-25-23(27-21)26-20-10-4-6-18-7-5-12-24-22(18)20/h1-13H,14-17H2,(H,25,26,27). The van der Waals surface area contributed by atoms with Crippen LogP contribution in [0.15, 0.2) is 79.1 Å². The molecule has 0 bridgehead atoms. The zero-order chi connectivity index (χ0) is 19.5. The molecule has 0 unspecified atom stereocenters. The van der Waals surface area contributed by atoms with Gasteiger partial charge in [0.25, 0.3) is 0 Å². The van der Waals surface area contributed by atoms with E-state index < -0.39 is 0 Å². The third-order valence-corrected chi connectivity index (χ3v) is 5.25. The molecule has 2 aromatic heterocycles. The highest BCUT2D eigenvalue weighted by atomic mass is 15.3. The molecule has 0 saturated carbocycles. The average Bonchev–Trinajstić information content (AvgIpc) is 2.80. The van der Waals surface area contributed by atoms with E-state index in [2.05, 4.69) is 67.5 Å². The molecule has 5 rings (SSSR count). The Morgan fingerprint density at radius 2 is 1.48 bits per heavy atom. The molecule has 3 heterocycles. The van der Waals surface area contributed by atoms with Crippen molar-refractivity contribution < 1.29 is 0 Å². The summed E-state index contributed by atoms with van der Waals surface area (Å²) in [5, 5.41) is 4.43. The van der Waals surface area contributed by atoms with Crippen molar-refractivity contribution >= 4 is 34.0 Å². The first kappa shape index (κ1) is 17.4. The fourth-order valence-electron chi connectivity index (χ4n) is 3.74. The van der Waals surface area contributed by atoms with Crippen LogP contribution in [-0.4, -0.2) is 41.1 Å². The maximum absolute atomic E-state index is 4.75. The molecule has 1 N–H and O–H groups in total. The Morgan fingerprint density at radius 3 is 2.34 bits per heavy atom. The van der Waals surface area contributed by atoms with E-state index in [1.165, 1.54) is 5.69 Å². The summed E-state index contributed by atoms with van der Waals surface area (Å²) in [5.74, 6) is 1.54. The van der Waals surface area contributed by atoms with Gasteiger partial charge in [-0.25, -0.2) is 4.98 Å². The zero-order valence-corrected chi connectivity index (χ0v) is 16.1. The largest absolute Gasteiger partial charge is 0.368 e. The first-order valence-corrected chi connectivity index (χ1v) is 9.86. The Labute approximate surface area is 169 Å². The van der Waals surface area contributed by atoms with E-state index in [0.29, 0.717) is 5.95 Å². The molecule has 0 amide bonds. The molecule has 0 radical (unpaired) electrons. The van der Waals surface area contributed by atoms with Crippen molar-refractivity contribution in [1.82, 2.24) is 15.0 Å². The Balaban J connectivity index is 1.32. The quantitative estimate of drug-likeness (QED) is 0.574. The van der Waals surface area contributed by atoms with E-state index in [4.69, 9.17) is 4.98 Å². The summed E-state index contributed by atoms with van der Waals surface area (Å²) in [6, 6.07) is 22.6. The fourth-order valence-corrected chi connectivity index (χ4v) is 3.74. The van der Waals surface area contributed by atoms with Gasteiger partial charge in [0, 0.05) is 49.6 Å². The first-order chi connectivity index (χ1) is 14.4. The summed E-state index contributed by atoms with van der Waals surface area (Å²) in [6.45, 7) is 3.82. The van der Waals surface area contributed by atoms with Crippen LogP contribution in [0.1, 0.15) is 0 Å². The molecule has 6 heteroatoms. The minimum atomic E-state index is 0.589. The second-order valence-corrected chi connectivity index (χ2v) is 7.05. The van der Waals surface area contributed by atoms with Crippen LogP contribution in [0.5, 0.6) is 0 Å². The topological polar surface area (TPSA) is 57.2 Å². The number of nitrogens with one attached hydrogen (secondary N) is 1. The lowest BCUT2D eigenvalue weighted by molar-refractivity contribution is 0.647. The van der Waals surface area contributed by atoms with Gasteiger partial charge in [-0.3, -0.25) is 4.98 Å². The Kier molecular flexibility index (Phi) is 4.66. The molecule has 0 spiro atoms. The van der Waals surface area contributed by atoms with Crippen LogP contribution >= 0.6 is 0 Å². The van der Waals surface area contributed by atoms with Gasteiger partial charge in [0.2, 0.25) is 5.95 Å². The summed E-state index contributed by atoms with van der Waals surface area (Å²) in [4.78, 5) is 18.4. The molecule has 1 aliphatic heterocycles. The van der Waals surface area contributed by atoms with Gasteiger partial charge >= 0.3 is 0 Å². The summed E-state index contributed by atoms with van der Waals surface area (Å²) in [5.41, 5.74) is 3.11. The predicted octanol–water partition coefficient (Wildman–Crippen LogP) is 4.10. The van der Waals surface area contributed by atoms with Crippen molar-refractivity contribution in [1.29, 1.82) is 0 Å². The van der Waals surface area contributed by atoms with Gasteiger partial charge in [0.1, 0.15) is 5.82 Å². The molecule has 6 nitrogen and oxygen atoms in total. The summed E-state index contributed by atoms with van der Waals surface area (Å²) >= 11 is 0. The molecule has 0 atom stereocenters. The van der Waals surface area contributed by atoms with Crippen LogP contribution in [0.25, 0.3) is 10.9 Å². The molecule has 4 aromatic rings. The molecular formula is C23H22N6. The molecule has 144 valence electrons. The Hall–Kier alpha value is -3.67. The highest BCUT2D eigenvalue weighted by molar-refractivity contribution is 5.91. The lowest BCUT2D eigenvalue weighted by Gasteiger charge is -2.36. The number of aromatic nitrogens is 3. The van der Waals surface area contributed by atoms with E-state index >= 15 is 0 Å². The molecule has 1 aliphatic rings. The van der Waals surface area contributed by atoms with E-state index in [-0.39, 0.29) is 0 Å². The smallest absolute Gasteiger partial charge is 0.229 e. The first-order valence-electron chi connectivity index (χ1n) is 9.86.